The lowest BCUT2D eigenvalue weighted by atomic mass is 9.96. The molecule has 0 aromatic carbocycles. The maximum Gasteiger partial charge on any atom is 0.0810 e. The largest absolute Gasteiger partial charge is 0.368 e. The highest BCUT2D eigenvalue weighted by Crippen LogP contribution is 2.25. The maximum absolute atomic E-state index is 6.24. The predicted octanol–water partition coefficient (Wildman–Crippen LogP) is 4.67. The molecule has 1 saturated heterocycles. The van der Waals surface area contributed by atoms with Gasteiger partial charge in [0.15, 0.2) is 0 Å². The normalized spacial score (nSPS) is 22.3. The molecule has 118 valence electrons. The van der Waals surface area contributed by atoms with Gasteiger partial charge in [0.2, 0.25) is 0 Å². The van der Waals surface area contributed by atoms with Gasteiger partial charge in [-0.25, -0.2) is 0 Å². The first-order valence-electron chi connectivity index (χ1n) is 8.01. The fourth-order valence-electron chi connectivity index (χ4n) is 3.04. The van der Waals surface area contributed by atoms with E-state index in [0.29, 0.717) is 12.1 Å². The van der Waals surface area contributed by atoms with Crippen LogP contribution in [-0.2, 0) is 4.74 Å². The molecule has 0 N–H and O–H groups in total. The lowest BCUT2D eigenvalue weighted by Crippen LogP contribution is -2.46. The van der Waals surface area contributed by atoms with Crippen molar-refractivity contribution in [3.8, 4) is 0 Å². The lowest BCUT2D eigenvalue weighted by Gasteiger charge is -2.40. The van der Waals surface area contributed by atoms with E-state index in [2.05, 4.69) is 74.3 Å². The van der Waals surface area contributed by atoms with Crippen LogP contribution in [0, 0.1) is 5.92 Å². The van der Waals surface area contributed by atoms with Gasteiger partial charge in [0, 0.05) is 19.1 Å². The molecule has 0 amide bonds. The summed E-state index contributed by atoms with van der Waals surface area (Å²) in [6.45, 7) is 13.5. The van der Waals surface area contributed by atoms with E-state index in [1.54, 1.807) is 0 Å². The molecular weight excluding hydrogens is 361 g/mol. The van der Waals surface area contributed by atoms with E-state index >= 15 is 0 Å². The van der Waals surface area contributed by atoms with Crippen LogP contribution < -0.4 is 0 Å². The highest BCUT2D eigenvalue weighted by molar-refractivity contribution is 14.1. The van der Waals surface area contributed by atoms with Gasteiger partial charge < -0.3 is 9.64 Å². The Balaban J connectivity index is 2.40. The molecule has 0 bridgehead atoms. The van der Waals surface area contributed by atoms with E-state index in [-0.39, 0.29) is 5.60 Å². The van der Waals surface area contributed by atoms with Crippen molar-refractivity contribution in [3.63, 3.8) is 0 Å². The lowest BCUT2D eigenvalue weighted by molar-refractivity contribution is -0.0719. The van der Waals surface area contributed by atoms with Crippen molar-refractivity contribution in [1.29, 1.82) is 0 Å². The molecular formula is C17H32INO. The molecule has 0 saturated carbocycles. The average molecular weight is 393 g/mol. The minimum absolute atomic E-state index is 0.123. The van der Waals surface area contributed by atoms with Gasteiger partial charge in [-0.15, -0.1) is 0 Å². The first-order chi connectivity index (χ1) is 9.39. The zero-order chi connectivity index (χ0) is 15.2. The molecule has 2 unspecified atom stereocenters. The Bertz CT molecular complexity index is 295. The number of likely N-dealkylation sites (tertiary alicyclic amines) is 1. The van der Waals surface area contributed by atoms with Crippen LogP contribution in [-0.4, -0.2) is 40.2 Å². The van der Waals surface area contributed by atoms with E-state index in [9.17, 15) is 0 Å². The van der Waals surface area contributed by atoms with Crippen LogP contribution in [0.15, 0.2) is 12.2 Å². The quantitative estimate of drug-likeness (QED) is 0.354. The number of nitrogens with zero attached hydrogens (tertiary/aromatic N) is 1. The minimum atomic E-state index is -0.123. The Morgan fingerprint density at radius 1 is 1.30 bits per heavy atom. The fourth-order valence-corrected chi connectivity index (χ4v) is 4.03. The summed E-state index contributed by atoms with van der Waals surface area (Å²) in [5, 5.41) is 0. The summed E-state index contributed by atoms with van der Waals surface area (Å²) in [5.41, 5.74) is -0.123. The van der Waals surface area contributed by atoms with Crippen LogP contribution >= 0.6 is 22.6 Å². The predicted molar refractivity (Wildman–Crippen MR) is 96.7 cm³/mol. The topological polar surface area (TPSA) is 12.5 Å². The molecule has 0 aromatic rings. The van der Waals surface area contributed by atoms with Crippen molar-refractivity contribution in [2.24, 2.45) is 5.92 Å². The molecule has 0 radical (unpaired) electrons. The van der Waals surface area contributed by atoms with Gasteiger partial charge >= 0.3 is 0 Å². The molecule has 1 aliphatic rings. The number of halogens is 1. The summed E-state index contributed by atoms with van der Waals surface area (Å²) in [7, 11) is 0. The highest BCUT2D eigenvalue weighted by atomic mass is 127. The maximum atomic E-state index is 6.24. The Hall–Kier alpha value is 0.390. The molecule has 1 aliphatic heterocycles. The molecule has 20 heavy (non-hydrogen) atoms. The molecule has 3 heteroatoms. The summed E-state index contributed by atoms with van der Waals surface area (Å²) >= 11 is 2.49. The molecule has 2 atom stereocenters. The van der Waals surface area contributed by atoms with E-state index < -0.39 is 0 Å². The summed E-state index contributed by atoms with van der Waals surface area (Å²) < 4.78 is 7.50. The number of alkyl halides is 1. The van der Waals surface area contributed by atoms with E-state index in [4.69, 9.17) is 4.74 Å². The van der Waals surface area contributed by atoms with E-state index in [1.807, 2.05) is 0 Å². The highest BCUT2D eigenvalue weighted by Gasteiger charge is 2.28. The Morgan fingerprint density at radius 2 is 1.90 bits per heavy atom. The molecule has 1 heterocycles. The van der Waals surface area contributed by atoms with Crippen molar-refractivity contribution >= 4 is 22.6 Å². The molecule has 0 aliphatic carbocycles. The van der Waals surface area contributed by atoms with Crippen LogP contribution in [0.25, 0.3) is 0 Å². The Kier molecular flexibility index (Phi) is 8.06. The minimum Gasteiger partial charge on any atom is -0.368 e. The second-order valence-corrected chi connectivity index (χ2v) is 7.73. The van der Waals surface area contributed by atoms with Crippen LogP contribution in [0.3, 0.4) is 0 Å². The van der Waals surface area contributed by atoms with Crippen LogP contribution in [0.5, 0.6) is 0 Å². The van der Waals surface area contributed by atoms with Gasteiger partial charge in [0.25, 0.3) is 0 Å². The number of ether oxygens (including phenoxy) is 1. The van der Waals surface area contributed by atoms with E-state index in [1.165, 1.54) is 36.8 Å². The first kappa shape index (κ1) is 18.4. The SMILES string of the molecule is C/C=C\C(C)(C)OC1CCN(C(C)C(C)CCI)CC1. The third kappa shape index (κ3) is 6.02. The fraction of sp³-hybridized carbons (Fsp3) is 0.882. The molecule has 1 rings (SSSR count). The zero-order valence-electron chi connectivity index (χ0n) is 13.9. The monoisotopic (exact) mass is 393 g/mol. The zero-order valence-corrected chi connectivity index (χ0v) is 16.0. The van der Waals surface area contributed by atoms with Crippen molar-refractivity contribution in [1.82, 2.24) is 4.90 Å². The summed E-state index contributed by atoms with van der Waals surface area (Å²) in [6.07, 6.45) is 8.33. The van der Waals surface area contributed by atoms with Crippen molar-refractivity contribution < 1.29 is 4.74 Å². The third-order valence-corrected chi connectivity index (χ3v) is 5.10. The second-order valence-electron chi connectivity index (χ2n) is 6.65. The Morgan fingerprint density at radius 3 is 2.40 bits per heavy atom. The number of allylic oxidation sites excluding steroid dienone is 1. The number of hydrogen-bond acceptors (Lipinski definition) is 2. The average Bonchev–Trinajstić information content (AvgIpc) is 2.38. The summed E-state index contributed by atoms with van der Waals surface area (Å²) in [4.78, 5) is 2.65. The van der Waals surface area contributed by atoms with Gasteiger partial charge in [-0.3, -0.25) is 0 Å². The van der Waals surface area contributed by atoms with Gasteiger partial charge in [-0.2, -0.15) is 0 Å². The van der Waals surface area contributed by atoms with Gasteiger partial charge in [-0.05, 0) is 57.3 Å². The number of rotatable bonds is 7. The third-order valence-electron chi connectivity index (χ3n) is 4.48. The first-order valence-corrected chi connectivity index (χ1v) is 9.54. The smallest absolute Gasteiger partial charge is 0.0810 e. The molecule has 1 fully saturated rings. The van der Waals surface area contributed by atoms with Crippen molar-refractivity contribution in [2.75, 3.05) is 17.5 Å². The van der Waals surface area contributed by atoms with Crippen LogP contribution in [0.4, 0.5) is 0 Å². The van der Waals surface area contributed by atoms with Crippen molar-refractivity contribution in [3.05, 3.63) is 12.2 Å². The number of piperidine rings is 1. The second kappa shape index (κ2) is 8.74. The van der Waals surface area contributed by atoms with E-state index in [0.717, 1.165) is 5.92 Å². The Labute approximate surface area is 139 Å². The van der Waals surface area contributed by atoms with Crippen LogP contribution in [0.1, 0.15) is 53.9 Å². The molecule has 2 nitrogen and oxygen atoms in total. The summed E-state index contributed by atoms with van der Waals surface area (Å²) in [5.74, 6) is 0.795. The van der Waals surface area contributed by atoms with Crippen molar-refractivity contribution in [2.45, 2.75) is 71.6 Å². The van der Waals surface area contributed by atoms with Gasteiger partial charge in [-0.1, -0.05) is 41.7 Å². The standard InChI is InChI=1S/C17H32INO/c1-6-10-17(4,5)20-16-8-12-19(13-9-16)15(3)14(2)7-11-18/h6,10,14-16H,7-9,11-13H2,1-5H3/b10-6-. The summed E-state index contributed by atoms with van der Waals surface area (Å²) in [6, 6.07) is 0.703. The molecule has 0 aromatic heterocycles. The van der Waals surface area contributed by atoms with Gasteiger partial charge in [0.1, 0.15) is 0 Å². The van der Waals surface area contributed by atoms with Crippen LogP contribution in [0.2, 0.25) is 0 Å². The van der Waals surface area contributed by atoms with Gasteiger partial charge in [0.05, 0.1) is 11.7 Å². The molecule has 0 spiro atoms. The number of hydrogen-bond donors (Lipinski definition) is 0.